The monoisotopic (exact) mass is 586 g/mol. The van der Waals surface area contributed by atoms with Crippen molar-refractivity contribution in [2.45, 2.75) is 56.9 Å². The van der Waals surface area contributed by atoms with Gasteiger partial charge in [-0.2, -0.15) is 4.39 Å². The molecule has 3 aromatic rings. The van der Waals surface area contributed by atoms with Gasteiger partial charge in [0.15, 0.2) is 0 Å². The highest BCUT2D eigenvalue weighted by molar-refractivity contribution is 6.34. The number of aromatic nitrogens is 1. The van der Waals surface area contributed by atoms with Gasteiger partial charge >= 0.3 is 5.97 Å². The van der Waals surface area contributed by atoms with Crippen molar-refractivity contribution >= 4 is 45.9 Å². The van der Waals surface area contributed by atoms with Crippen LogP contribution in [0.15, 0.2) is 42.6 Å². The maximum atomic E-state index is 16.6. The first-order chi connectivity index (χ1) is 19.6. The van der Waals surface area contributed by atoms with E-state index in [4.69, 9.17) is 11.6 Å². The van der Waals surface area contributed by atoms with E-state index in [-0.39, 0.29) is 22.3 Å². The van der Waals surface area contributed by atoms with Gasteiger partial charge in [0.1, 0.15) is 5.82 Å². The molecule has 2 fully saturated rings. The molecule has 1 aliphatic heterocycles. The molecule has 0 spiro atoms. The Morgan fingerprint density at radius 3 is 2.46 bits per heavy atom. The van der Waals surface area contributed by atoms with Crippen molar-refractivity contribution in [2.75, 3.05) is 18.4 Å². The van der Waals surface area contributed by atoms with Crippen LogP contribution in [-0.2, 0) is 23.1 Å². The first-order valence-corrected chi connectivity index (χ1v) is 14.3. The number of fused-ring (bicyclic) bond motifs is 1. The molecule has 1 saturated heterocycles. The standard InChI is InChI=1S/C30H33ClF2N4O4/c1-36-17-22(21-6-2-3-7-26(21)36)28(39)34-25-16-24(32)19(14-23(25)31)15-27(38)30(33,37-12-4-5-13-37)35-20-10-8-18(9-11-20)29(40)41/h2-3,6-7,14,16-18,20,35H,4-5,8-13,15H2,1H3,(H,34,39)(H,40,41). The quantitative estimate of drug-likeness (QED) is 0.295. The number of rotatable bonds is 9. The van der Waals surface area contributed by atoms with Crippen LogP contribution in [-0.4, -0.2) is 57.3 Å². The van der Waals surface area contributed by atoms with Crippen molar-refractivity contribution in [3.05, 3.63) is 64.6 Å². The maximum Gasteiger partial charge on any atom is 0.306 e. The normalized spacial score (nSPS) is 21.1. The fourth-order valence-corrected chi connectivity index (χ4v) is 6.18. The molecule has 0 bridgehead atoms. The molecule has 1 aromatic heterocycles. The van der Waals surface area contributed by atoms with Crippen LogP contribution >= 0.6 is 11.6 Å². The second-order valence-electron chi connectivity index (χ2n) is 11.0. The number of carbonyl (C=O) groups excluding carboxylic acids is 2. The third kappa shape index (κ3) is 6.00. The van der Waals surface area contributed by atoms with E-state index in [2.05, 4.69) is 10.6 Å². The van der Waals surface area contributed by atoms with Crippen LogP contribution in [0.1, 0.15) is 54.4 Å². The lowest BCUT2D eigenvalue weighted by molar-refractivity contribution is -0.151. The fraction of sp³-hybridized carbons (Fsp3) is 0.433. The molecule has 2 aliphatic rings. The SMILES string of the molecule is Cn1cc(C(=O)Nc2cc(F)c(CC(=O)C(F)(NC3CCC(C(=O)O)CC3)N3CCCC3)cc2Cl)c2ccccc21. The summed E-state index contributed by atoms with van der Waals surface area (Å²) in [5, 5.41) is 15.5. The van der Waals surface area contributed by atoms with E-state index in [1.165, 1.54) is 11.0 Å². The number of likely N-dealkylation sites (tertiary alicyclic amines) is 1. The number of anilines is 1. The van der Waals surface area contributed by atoms with Gasteiger partial charge in [0, 0.05) is 49.7 Å². The fourth-order valence-electron chi connectivity index (χ4n) is 5.95. The van der Waals surface area contributed by atoms with Crippen LogP contribution in [0.25, 0.3) is 10.9 Å². The van der Waals surface area contributed by atoms with Gasteiger partial charge in [0.05, 0.1) is 22.2 Å². The van der Waals surface area contributed by atoms with Gasteiger partial charge in [-0.15, -0.1) is 0 Å². The number of Topliss-reactive ketones (excluding diaryl/α,β-unsaturated/α-hetero) is 1. The van der Waals surface area contributed by atoms with Crippen LogP contribution < -0.4 is 10.6 Å². The minimum atomic E-state index is -2.52. The van der Waals surface area contributed by atoms with Crippen LogP contribution in [0.4, 0.5) is 14.5 Å². The third-order valence-electron chi connectivity index (χ3n) is 8.26. The Morgan fingerprint density at radius 1 is 1.10 bits per heavy atom. The molecule has 8 nitrogen and oxygen atoms in total. The summed E-state index contributed by atoms with van der Waals surface area (Å²) in [6, 6.07) is 9.30. The minimum Gasteiger partial charge on any atom is -0.481 e. The number of para-hydroxylation sites is 1. The summed E-state index contributed by atoms with van der Waals surface area (Å²) in [4.78, 5) is 39.2. The summed E-state index contributed by atoms with van der Waals surface area (Å²) in [6.45, 7) is 0.754. The number of aryl methyl sites for hydroxylation is 1. The predicted molar refractivity (Wildman–Crippen MR) is 152 cm³/mol. The van der Waals surface area contributed by atoms with E-state index < -0.39 is 41.7 Å². The van der Waals surface area contributed by atoms with E-state index in [9.17, 15) is 19.5 Å². The first-order valence-electron chi connectivity index (χ1n) is 13.9. The molecular weight excluding hydrogens is 554 g/mol. The zero-order valence-corrected chi connectivity index (χ0v) is 23.5. The molecule has 1 saturated carbocycles. The van der Waals surface area contributed by atoms with Gasteiger partial charge < -0.3 is 15.0 Å². The summed E-state index contributed by atoms with van der Waals surface area (Å²) in [6.07, 6.45) is 4.24. The molecule has 0 radical (unpaired) electrons. The van der Waals surface area contributed by atoms with Crippen LogP contribution in [0.3, 0.4) is 0 Å². The number of aliphatic carboxylic acids is 1. The first kappa shape index (κ1) is 29.2. The Hall–Kier alpha value is -3.34. The molecule has 1 aliphatic carbocycles. The zero-order valence-electron chi connectivity index (χ0n) is 22.8. The lowest BCUT2D eigenvalue weighted by Gasteiger charge is -2.39. The largest absolute Gasteiger partial charge is 0.481 e. The van der Waals surface area contributed by atoms with Crippen LogP contribution in [0.5, 0.6) is 0 Å². The Labute approximate surface area is 241 Å². The number of hydrogen-bond acceptors (Lipinski definition) is 5. The summed E-state index contributed by atoms with van der Waals surface area (Å²) in [5.74, 6) is -5.96. The van der Waals surface area contributed by atoms with Gasteiger partial charge in [-0.1, -0.05) is 29.8 Å². The number of carbonyl (C=O) groups is 3. The van der Waals surface area contributed by atoms with Crippen LogP contribution in [0, 0.1) is 11.7 Å². The third-order valence-corrected chi connectivity index (χ3v) is 8.57. The van der Waals surface area contributed by atoms with E-state index in [0.29, 0.717) is 44.3 Å². The Morgan fingerprint density at radius 2 is 1.78 bits per heavy atom. The number of alkyl halides is 1. The molecule has 41 heavy (non-hydrogen) atoms. The maximum absolute atomic E-state index is 16.6. The highest BCUT2D eigenvalue weighted by Crippen LogP contribution is 2.32. The van der Waals surface area contributed by atoms with Crippen molar-refractivity contribution in [1.82, 2.24) is 14.8 Å². The lowest BCUT2D eigenvalue weighted by Crippen LogP contribution is -2.63. The number of carboxylic acid groups (broad SMARTS) is 1. The van der Waals surface area contributed by atoms with Gasteiger partial charge in [0.25, 0.3) is 11.8 Å². The average molecular weight is 587 g/mol. The second-order valence-corrected chi connectivity index (χ2v) is 11.4. The number of hydrogen-bond donors (Lipinski definition) is 3. The Kier molecular flexibility index (Phi) is 8.45. The molecule has 2 aromatic carbocycles. The smallest absolute Gasteiger partial charge is 0.306 e. The van der Waals surface area contributed by atoms with Gasteiger partial charge in [-0.05, 0) is 62.3 Å². The topological polar surface area (TPSA) is 104 Å². The lowest BCUT2D eigenvalue weighted by atomic mass is 9.85. The summed E-state index contributed by atoms with van der Waals surface area (Å²) >= 11 is 6.41. The molecule has 1 amide bonds. The summed E-state index contributed by atoms with van der Waals surface area (Å²) < 4.78 is 33.6. The van der Waals surface area contributed by atoms with Crippen molar-refractivity contribution in [3.8, 4) is 0 Å². The molecule has 1 atom stereocenters. The molecule has 2 heterocycles. The molecule has 218 valence electrons. The van der Waals surface area contributed by atoms with Gasteiger partial charge in [-0.25, -0.2) is 4.39 Å². The number of halogens is 3. The number of carboxylic acids is 1. The Balaban J connectivity index is 1.32. The number of amides is 1. The highest BCUT2D eigenvalue weighted by Gasteiger charge is 2.47. The average Bonchev–Trinajstić information content (AvgIpc) is 3.61. The van der Waals surface area contributed by atoms with Crippen molar-refractivity contribution < 1.29 is 28.3 Å². The Bertz CT molecular complexity index is 1480. The molecular formula is C30H33ClF2N4O4. The van der Waals surface area contributed by atoms with Crippen molar-refractivity contribution in [2.24, 2.45) is 13.0 Å². The molecule has 1 unspecified atom stereocenters. The van der Waals surface area contributed by atoms with Crippen LogP contribution in [0.2, 0.25) is 5.02 Å². The number of ketones is 1. The molecule has 5 rings (SSSR count). The van der Waals surface area contributed by atoms with Crippen molar-refractivity contribution in [1.29, 1.82) is 0 Å². The number of nitrogens with zero attached hydrogens (tertiary/aromatic N) is 2. The predicted octanol–water partition coefficient (Wildman–Crippen LogP) is 5.29. The highest BCUT2D eigenvalue weighted by atomic mass is 35.5. The molecule has 11 heteroatoms. The minimum absolute atomic E-state index is 0.0216. The van der Waals surface area contributed by atoms with E-state index in [1.807, 2.05) is 35.9 Å². The van der Waals surface area contributed by atoms with E-state index in [0.717, 1.165) is 29.8 Å². The molecule has 3 N–H and O–H groups in total. The number of nitrogens with one attached hydrogen (secondary N) is 2. The summed E-state index contributed by atoms with van der Waals surface area (Å²) in [7, 11) is 1.82. The summed E-state index contributed by atoms with van der Waals surface area (Å²) in [5.41, 5.74) is 1.22. The van der Waals surface area contributed by atoms with E-state index in [1.54, 1.807) is 6.20 Å². The van der Waals surface area contributed by atoms with E-state index >= 15 is 8.78 Å². The number of benzene rings is 2. The van der Waals surface area contributed by atoms with Crippen molar-refractivity contribution in [3.63, 3.8) is 0 Å². The van der Waals surface area contributed by atoms with Gasteiger partial charge in [-0.3, -0.25) is 24.6 Å². The second kappa shape index (κ2) is 11.9. The zero-order chi connectivity index (χ0) is 29.3. The van der Waals surface area contributed by atoms with Gasteiger partial charge in [0.2, 0.25) is 5.78 Å².